The van der Waals surface area contributed by atoms with Gasteiger partial charge < -0.3 is 10.4 Å². The smallest absolute Gasteiger partial charge is 0.0710 e. The van der Waals surface area contributed by atoms with Crippen LogP contribution in [0.2, 0.25) is 0 Å². The molecule has 0 fully saturated rings. The second-order valence-corrected chi connectivity index (χ2v) is 5.07. The first-order chi connectivity index (χ1) is 6.50. The van der Waals surface area contributed by atoms with Crippen molar-refractivity contribution in [3.8, 4) is 0 Å². The van der Waals surface area contributed by atoms with Gasteiger partial charge in [-0.3, -0.25) is 0 Å². The van der Waals surface area contributed by atoms with Crippen LogP contribution in [-0.2, 0) is 0 Å². The van der Waals surface area contributed by atoms with Gasteiger partial charge in [-0.1, -0.05) is 15.9 Å². The van der Waals surface area contributed by atoms with Gasteiger partial charge in [0.25, 0.3) is 0 Å². The predicted molar refractivity (Wildman–Crippen MR) is 66.6 cm³/mol. The molecule has 0 aliphatic heterocycles. The van der Waals surface area contributed by atoms with Gasteiger partial charge >= 0.3 is 0 Å². The Morgan fingerprint density at radius 2 is 1.93 bits per heavy atom. The molecule has 1 aromatic carbocycles. The minimum atomic E-state index is -0.374. The fourth-order valence-electron chi connectivity index (χ4n) is 0.974. The average molecular weight is 323 g/mol. The van der Waals surface area contributed by atoms with Gasteiger partial charge in [-0.25, -0.2) is 0 Å². The Hall–Kier alpha value is -0.0600. The molecule has 1 aromatic rings. The van der Waals surface area contributed by atoms with E-state index in [-0.39, 0.29) is 12.1 Å². The molecule has 78 valence electrons. The summed E-state index contributed by atoms with van der Waals surface area (Å²) in [6, 6.07) is 5.92. The van der Waals surface area contributed by atoms with Crippen molar-refractivity contribution in [3.05, 3.63) is 27.1 Å². The summed E-state index contributed by atoms with van der Waals surface area (Å²) in [7, 11) is 0. The number of hydrogen-bond donors (Lipinski definition) is 2. The van der Waals surface area contributed by atoms with Gasteiger partial charge in [0, 0.05) is 20.7 Å². The van der Waals surface area contributed by atoms with Crippen LogP contribution >= 0.6 is 31.9 Å². The van der Waals surface area contributed by atoms with Crippen LogP contribution in [0.1, 0.15) is 13.8 Å². The van der Waals surface area contributed by atoms with Gasteiger partial charge in [-0.05, 0) is 48.0 Å². The van der Waals surface area contributed by atoms with Crippen LogP contribution in [0.3, 0.4) is 0 Å². The summed E-state index contributed by atoms with van der Waals surface area (Å²) in [5.74, 6) is 0. The zero-order valence-corrected chi connectivity index (χ0v) is 11.3. The largest absolute Gasteiger partial charge is 0.391 e. The lowest BCUT2D eigenvalue weighted by atomic mass is 10.2. The van der Waals surface area contributed by atoms with E-state index in [0.29, 0.717) is 0 Å². The molecule has 0 saturated heterocycles. The Bertz CT molecular complexity index is 315. The van der Waals surface area contributed by atoms with Crippen LogP contribution in [0.25, 0.3) is 0 Å². The molecule has 0 saturated carbocycles. The molecule has 2 nitrogen and oxygen atoms in total. The number of nitrogens with one attached hydrogen (secondary N) is 1. The molecule has 2 unspecified atom stereocenters. The van der Waals surface area contributed by atoms with Crippen molar-refractivity contribution >= 4 is 37.5 Å². The number of anilines is 1. The Morgan fingerprint density at radius 3 is 2.50 bits per heavy atom. The molecular formula is C10H13Br2NO. The number of hydrogen-bond acceptors (Lipinski definition) is 2. The SMILES string of the molecule is CC(O)C(C)Nc1cc(Br)ccc1Br. The van der Waals surface area contributed by atoms with Crippen molar-refractivity contribution in [1.29, 1.82) is 0 Å². The van der Waals surface area contributed by atoms with Gasteiger partial charge in [0.05, 0.1) is 6.10 Å². The van der Waals surface area contributed by atoms with E-state index in [9.17, 15) is 5.11 Å². The van der Waals surface area contributed by atoms with E-state index < -0.39 is 0 Å². The highest BCUT2D eigenvalue weighted by molar-refractivity contribution is 9.11. The number of aliphatic hydroxyl groups excluding tert-OH is 1. The Kier molecular flexibility index (Phi) is 4.41. The summed E-state index contributed by atoms with van der Waals surface area (Å²) >= 11 is 6.84. The monoisotopic (exact) mass is 321 g/mol. The summed E-state index contributed by atoms with van der Waals surface area (Å²) in [6.45, 7) is 3.71. The molecule has 2 N–H and O–H groups in total. The van der Waals surface area contributed by atoms with Crippen LogP contribution in [0, 0.1) is 0 Å². The quantitative estimate of drug-likeness (QED) is 0.894. The third-order valence-electron chi connectivity index (χ3n) is 2.04. The van der Waals surface area contributed by atoms with Crippen LogP contribution in [-0.4, -0.2) is 17.3 Å². The molecule has 0 radical (unpaired) electrons. The highest BCUT2D eigenvalue weighted by Crippen LogP contribution is 2.26. The maximum atomic E-state index is 9.35. The van der Waals surface area contributed by atoms with E-state index in [2.05, 4.69) is 37.2 Å². The van der Waals surface area contributed by atoms with Gasteiger partial charge in [0.15, 0.2) is 0 Å². The Balaban J connectivity index is 2.80. The second kappa shape index (κ2) is 5.14. The molecule has 14 heavy (non-hydrogen) atoms. The lowest BCUT2D eigenvalue weighted by Crippen LogP contribution is -2.27. The average Bonchev–Trinajstić information content (AvgIpc) is 2.11. The number of halogens is 2. The summed E-state index contributed by atoms with van der Waals surface area (Å²) in [5.41, 5.74) is 0.979. The molecule has 0 spiro atoms. The first kappa shape index (κ1) is 12.0. The van der Waals surface area contributed by atoms with Gasteiger partial charge in [-0.15, -0.1) is 0 Å². The van der Waals surface area contributed by atoms with Crippen molar-refractivity contribution in [2.45, 2.75) is 26.0 Å². The van der Waals surface area contributed by atoms with Crippen LogP contribution in [0.5, 0.6) is 0 Å². The molecule has 0 heterocycles. The van der Waals surface area contributed by atoms with Gasteiger partial charge in [0.1, 0.15) is 0 Å². The molecule has 0 bridgehead atoms. The fraction of sp³-hybridized carbons (Fsp3) is 0.400. The van der Waals surface area contributed by atoms with E-state index in [1.54, 1.807) is 6.92 Å². The number of rotatable bonds is 3. The first-order valence-corrected chi connectivity index (χ1v) is 5.99. The van der Waals surface area contributed by atoms with Crippen molar-refractivity contribution in [2.24, 2.45) is 0 Å². The molecule has 0 aromatic heterocycles. The molecule has 0 amide bonds. The molecular weight excluding hydrogens is 310 g/mol. The maximum Gasteiger partial charge on any atom is 0.0710 e. The highest BCUT2D eigenvalue weighted by atomic mass is 79.9. The minimum Gasteiger partial charge on any atom is -0.391 e. The molecule has 4 heteroatoms. The number of benzene rings is 1. The van der Waals surface area contributed by atoms with Crippen LogP contribution < -0.4 is 5.32 Å². The normalized spacial score (nSPS) is 14.9. The number of aliphatic hydroxyl groups is 1. The molecule has 0 aliphatic carbocycles. The van der Waals surface area contributed by atoms with E-state index in [1.165, 1.54) is 0 Å². The summed E-state index contributed by atoms with van der Waals surface area (Å²) in [5, 5.41) is 12.6. The van der Waals surface area contributed by atoms with Crippen molar-refractivity contribution in [1.82, 2.24) is 0 Å². The Labute approximate surface area is 101 Å². The third-order valence-corrected chi connectivity index (χ3v) is 3.22. The maximum absolute atomic E-state index is 9.35. The lowest BCUT2D eigenvalue weighted by Gasteiger charge is -2.19. The van der Waals surface area contributed by atoms with E-state index in [1.807, 2.05) is 25.1 Å². The van der Waals surface area contributed by atoms with Crippen molar-refractivity contribution < 1.29 is 5.11 Å². The molecule has 0 aliphatic rings. The predicted octanol–water partition coefficient (Wildman–Crippen LogP) is 3.39. The first-order valence-electron chi connectivity index (χ1n) is 4.40. The summed E-state index contributed by atoms with van der Waals surface area (Å²) < 4.78 is 2.01. The van der Waals surface area contributed by atoms with Gasteiger partial charge in [0.2, 0.25) is 0 Å². The van der Waals surface area contributed by atoms with Gasteiger partial charge in [-0.2, -0.15) is 0 Å². The highest BCUT2D eigenvalue weighted by Gasteiger charge is 2.09. The van der Waals surface area contributed by atoms with Crippen molar-refractivity contribution in [2.75, 3.05) is 5.32 Å². The lowest BCUT2D eigenvalue weighted by molar-refractivity contribution is 0.178. The van der Waals surface area contributed by atoms with E-state index >= 15 is 0 Å². The van der Waals surface area contributed by atoms with Crippen LogP contribution in [0.4, 0.5) is 5.69 Å². The van der Waals surface area contributed by atoms with Crippen LogP contribution in [0.15, 0.2) is 27.1 Å². The molecule has 2 atom stereocenters. The topological polar surface area (TPSA) is 32.3 Å². The summed E-state index contributed by atoms with van der Waals surface area (Å²) in [6.07, 6.45) is -0.374. The fourth-order valence-corrected chi connectivity index (χ4v) is 1.70. The Morgan fingerprint density at radius 1 is 1.29 bits per heavy atom. The van der Waals surface area contributed by atoms with E-state index in [4.69, 9.17) is 0 Å². The van der Waals surface area contributed by atoms with E-state index in [0.717, 1.165) is 14.6 Å². The molecule has 1 rings (SSSR count). The minimum absolute atomic E-state index is 0.0283. The standard InChI is InChI=1S/C10H13Br2NO/c1-6(7(2)14)13-10-5-8(11)3-4-9(10)12/h3-7,13-14H,1-2H3. The zero-order valence-electron chi connectivity index (χ0n) is 8.09. The van der Waals surface area contributed by atoms with Crippen molar-refractivity contribution in [3.63, 3.8) is 0 Å². The second-order valence-electron chi connectivity index (χ2n) is 3.30. The zero-order chi connectivity index (χ0) is 10.7. The third kappa shape index (κ3) is 3.26. The summed E-state index contributed by atoms with van der Waals surface area (Å²) in [4.78, 5) is 0.